The van der Waals surface area contributed by atoms with Gasteiger partial charge in [0, 0.05) is 24.3 Å². The SMILES string of the molecule is C[C@H]1[C@H]([N+]2=Cc3ccccc3CC2)C[C@@H]2C[C@H]1C2(C)C.F[P-](F)(F)(F)(F)F. The second-order valence-electron chi connectivity index (χ2n) is 8.80. The van der Waals surface area contributed by atoms with Crippen molar-refractivity contribution in [3.05, 3.63) is 35.4 Å². The molecular weight excluding hydrogens is 387 g/mol. The topological polar surface area (TPSA) is 3.01 Å². The molecule has 0 amide bonds. The molecule has 5 rings (SSSR count). The molecule has 0 radical (unpaired) electrons. The van der Waals surface area contributed by atoms with Crippen molar-refractivity contribution in [3.63, 3.8) is 0 Å². The van der Waals surface area contributed by atoms with Crippen LogP contribution in [0.1, 0.15) is 44.7 Å². The van der Waals surface area contributed by atoms with Crippen LogP contribution in [0.2, 0.25) is 0 Å². The third-order valence-corrected chi connectivity index (χ3v) is 6.74. The molecule has 0 saturated heterocycles. The molecule has 3 aliphatic carbocycles. The first-order valence-corrected chi connectivity index (χ1v) is 11.3. The van der Waals surface area contributed by atoms with Gasteiger partial charge in [0.2, 0.25) is 0 Å². The summed E-state index contributed by atoms with van der Waals surface area (Å²) in [6.45, 7) is 8.70. The molecule has 0 unspecified atom stereocenters. The van der Waals surface area contributed by atoms with Gasteiger partial charge < -0.3 is 0 Å². The summed E-state index contributed by atoms with van der Waals surface area (Å²) in [6, 6.07) is 9.68. The molecule has 1 nitrogen and oxygen atoms in total. The van der Waals surface area contributed by atoms with Gasteiger partial charge in [-0.15, -0.1) is 0 Å². The van der Waals surface area contributed by atoms with Gasteiger partial charge in [-0.2, -0.15) is 0 Å². The van der Waals surface area contributed by atoms with Crippen molar-refractivity contribution in [1.82, 2.24) is 0 Å². The number of hydrogen-bond acceptors (Lipinski definition) is 0. The molecule has 3 fully saturated rings. The van der Waals surface area contributed by atoms with Crippen LogP contribution in [-0.2, 0) is 6.42 Å². The molecule has 0 spiro atoms. The molecular formula is C19H26F6NP. The molecule has 3 saturated carbocycles. The fourth-order valence-corrected chi connectivity index (χ4v) is 5.20. The summed E-state index contributed by atoms with van der Waals surface area (Å²) in [7, 11) is -10.7. The molecule has 8 heteroatoms. The van der Waals surface area contributed by atoms with E-state index in [4.69, 9.17) is 0 Å². The van der Waals surface area contributed by atoms with E-state index in [0.717, 1.165) is 23.8 Å². The van der Waals surface area contributed by atoms with Gasteiger partial charge in [-0.25, -0.2) is 4.58 Å². The van der Waals surface area contributed by atoms with E-state index in [1.165, 1.54) is 36.9 Å². The van der Waals surface area contributed by atoms with E-state index in [1.54, 1.807) is 0 Å². The Morgan fingerprint density at radius 2 is 1.59 bits per heavy atom. The molecule has 4 atom stereocenters. The number of rotatable bonds is 1. The second kappa shape index (κ2) is 5.71. The van der Waals surface area contributed by atoms with Crippen molar-refractivity contribution in [1.29, 1.82) is 0 Å². The first kappa shape index (κ1) is 20.6. The number of nitrogens with zero attached hydrogens (tertiary/aromatic N) is 1. The molecule has 1 aromatic carbocycles. The van der Waals surface area contributed by atoms with Gasteiger partial charge in [0.1, 0.15) is 6.54 Å². The van der Waals surface area contributed by atoms with Crippen molar-refractivity contribution in [3.8, 4) is 0 Å². The average Bonchev–Trinajstić information content (AvgIpc) is 2.51. The van der Waals surface area contributed by atoms with E-state index in [2.05, 4.69) is 55.8 Å². The average molecular weight is 413 g/mol. The van der Waals surface area contributed by atoms with Crippen molar-refractivity contribution < 1.29 is 29.8 Å². The van der Waals surface area contributed by atoms with Gasteiger partial charge in [0.25, 0.3) is 0 Å². The van der Waals surface area contributed by atoms with Crippen LogP contribution < -0.4 is 0 Å². The molecule has 4 aliphatic rings. The molecule has 27 heavy (non-hydrogen) atoms. The molecule has 1 heterocycles. The summed E-state index contributed by atoms with van der Waals surface area (Å²) >= 11 is 0. The van der Waals surface area contributed by atoms with Crippen molar-refractivity contribution in [2.24, 2.45) is 23.2 Å². The van der Waals surface area contributed by atoms with Crippen LogP contribution in [0.4, 0.5) is 25.2 Å². The Labute approximate surface area is 155 Å². The minimum absolute atomic E-state index is 0.601. The molecule has 0 N–H and O–H groups in total. The first-order valence-electron chi connectivity index (χ1n) is 9.27. The summed E-state index contributed by atoms with van der Waals surface area (Å²) in [4.78, 5) is 0. The van der Waals surface area contributed by atoms with E-state index in [-0.39, 0.29) is 0 Å². The Bertz CT molecular complexity index is 757. The summed E-state index contributed by atoms with van der Waals surface area (Å²) in [6.07, 6.45) is 6.55. The van der Waals surface area contributed by atoms with Gasteiger partial charge in [-0.1, -0.05) is 39.0 Å². The predicted molar refractivity (Wildman–Crippen MR) is 97.0 cm³/mol. The third-order valence-electron chi connectivity index (χ3n) is 6.74. The summed E-state index contributed by atoms with van der Waals surface area (Å²) in [5, 5.41) is 0. The summed E-state index contributed by atoms with van der Waals surface area (Å²) in [5.41, 5.74) is 3.58. The monoisotopic (exact) mass is 413 g/mol. The van der Waals surface area contributed by atoms with Gasteiger partial charge in [0.15, 0.2) is 12.3 Å². The normalized spacial score (nSPS) is 33.9. The van der Waals surface area contributed by atoms with Crippen molar-refractivity contribution in [2.45, 2.75) is 46.1 Å². The van der Waals surface area contributed by atoms with Crippen molar-refractivity contribution >= 4 is 14.0 Å². The number of fused-ring (bicyclic) bond motifs is 3. The Kier molecular flexibility index (Phi) is 4.36. The standard InChI is InChI=1S/C19H26N.F6P/c1-13-17-10-16(19(17,2)3)11-18(13)20-9-8-14-6-4-5-7-15(14)12-20;1-7(2,3,4,5)6/h4-7,12-13,16-18H,8-11H2,1-3H3;/q+1;-1/t13-,16+,17-,18-;/m1./s1. The van der Waals surface area contributed by atoms with E-state index < -0.39 is 7.81 Å². The molecule has 2 bridgehead atoms. The minimum atomic E-state index is -10.7. The number of hydrogen-bond donors (Lipinski definition) is 0. The Morgan fingerprint density at radius 3 is 2.15 bits per heavy atom. The third kappa shape index (κ3) is 5.04. The Morgan fingerprint density at radius 1 is 1.00 bits per heavy atom. The van der Waals surface area contributed by atoms with E-state index in [9.17, 15) is 25.2 Å². The molecule has 1 aromatic rings. The van der Waals surface area contributed by atoms with Crippen LogP contribution in [0, 0.1) is 23.2 Å². The van der Waals surface area contributed by atoms with Gasteiger partial charge in [-0.3, -0.25) is 0 Å². The molecule has 1 aliphatic heterocycles. The second-order valence-corrected chi connectivity index (χ2v) is 10.7. The molecule has 0 aromatic heterocycles. The van der Waals surface area contributed by atoms with Gasteiger partial charge in [-0.05, 0) is 35.3 Å². The van der Waals surface area contributed by atoms with Crippen LogP contribution in [0.3, 0.4) is 0 Å². The number of benzene rings is 1. The summed E-state index contributed by atoms with van der Waals surface area (Å²) in [5.74, 6) is 2.74. The van der Waals surface area contributed by atoms with Crippen LogP contribution in [0.15, 0.2) is 24.3 Å². The fourth-order valence-electron chi connectivity index (χ4n) is 5.20. The van der Waals surface area contributed by atoms with Crippen LogP contribution >= 0.6 is 7.81 Å². The van der Waals surface area contributed by atoms with Gasteiger partial charge in [0.05, 0.1) is 0 Å². The maximum absolute atomic E-state index is 10.7. The van der Waals surface area contributed by atoms with E-state index in [1.807, 2.05) is 0 Å². The zero-order valence-electron chi connectivity index (χ0n) is 15.7. The van der Waals surface area contributed by atoms with Gasteiger partial charge >= 0.3 is 33.0 Å². The fraction of sp³-hybridized carbons (Fsp3) is 0.632. The Hall–Kier alpha value is -1.10. The van der Waals surface area contributed by atoms with Crippen LogP contribution in [-0.4, -0.2) is 23.4 Å². The zero-order valence-corrected chi connectivity index (χ0v) is 16.6. The van der Waals surface area contributed by atoms with Crippen molar-refractivity contribution in [2.75, 3.05) is 6.54 Å². The quantitative estimate of drug-likeness (QED) is 0.262. The van der Waals surface area contributed by atoms with Crippen LogP contribution in [0.5, 0.6) is 0 Å². The van der Waals surface area contributed by atoms with E-state index in [0.29, 0.717) is 5.41 Å². The summed E-state index contributed by atoms with van der Waals surface area (Å²) < 4.78 is 61.9. The first-order chi connectivity index (χ1) is 12.0. The zero-order chi connectivity index (χ0) is 20.3. The van der Waals surface area contributed by atoms with Crippen LogP contribution in [0.25, 0.3) is 0 Å². The number of halogens is 6. The molecule has 154 valence electrons. The Balaban J connectivity index is 0.000000260. The maximum atomic E-state index is 9.87. The predicted octanol–water partition coefficient (Wildman–Crippen LogP) is 7.13. The van der Waals surface area contributed by atoms with E-state index >= 15 is 0 Å².